The third-order valence-corrected chi connectivity index (χ3v) is 3.00. The second-order valence-electron chi connectivity index (χ2n) is 1.95. The maximum Gasteiger partial charge on any atom is 0.179 e. The van der Waals surface area contributed by atoms with Gasteiger partial charge in [0.1, 0.15) is 10.0 Å². The molecule has 1 aromatic rings. The highest BCUT2D eigenvalue weighted by Gasteiger charge is 2.18. The van der Waals surface area contributed by atoms with Gasteiger partial charge >= 0.3 is 0 Å². The lowest BCUT2D eigenvalue weighted by Crippen LogP contribution is -1.78. The van der Waals surface area contributed by atoms with Crippen molar-refractivity contribution >= 4 is 46.4 Å². The average Bonchev–Trinajstić information content (AvgIpc) is 2.08. The van der Waals surface area contributed by atoms with Crippen LogP contribution >= 0.6 is 46.4 Å². The summed E-state index contributed by atoms with van der Waals surface area (Å²) in [6, 6.07) is 0. The van der Waals surface area contributed by atoms with Gasteiger partial charge in [0.15, 0.2) is 11.5 Å². The molecule has 0 spiro atoms. The minimum absolute atomic E-state index is 0. The minimum atomic E-state index is -0.573. The van der Waals surface area contributed by atoms with E-state index in [1.165, 1.54) is 0 Å². The van der Waals surface area contributed by atoms with E-state index in [1.54, 1.807) is 0 Å². The van der Waals surface area contributed by atoms with Crippen molar-refractivity contribution < 1.29 is 21.2 Å². The summed E-state index contributed by atoms with van der Waals surface area (Å²) in [7, 11) is 0. The molecule has 8 heteroatoms. The maximum absolute atomic E-state index is 9.08. The highest BCUT2D eigenvalue weighted by Crippen LogP contribution is 2.48. The van der Waals surface area contributed by atoms with Gasteiger partial charge in [-0.05, 0) is 0 Å². The first kappa shape index (κ1) is 16.3. The Kier molecular flexibility index (Phi) is 6.65. The second-order valence-corrected chi connectivity index (χ2v) is 3.47. The summed E-state index contributed by atoms with van der Waals surface area (Å²) in [6.07, 6.45) is 0. The molecule has 82 valence electrons. The molecule has 0 atom stereocenters. The fraction of sp³-hybridized carbons (Fsp3) is 0. The molecule has 0 aliphatic carbocycles. The average molecular weight is 284 g/mol. The first-order valence-electron chi connectivity index (χ1n) is 2.70. The van der Waals surface area contributed by atoms with Crippen LogP contribution in [0.5, 0.6) is 11.5 Å². The number of phenols is 2. The van der Waals surface area contributed by atoms with Crippen molar-refractivity contribution in [2.75, 3.05) is 0 Å². The summed E-state index contributed by atoms with van der Waals surface area (Å²) in [6.45, 7) is 0. The molecule has 6 N–H and O–H groups in total. The van der Waals surface area contributed by atoms with E-state index in [9.17, 15) is 0 Å². The number of phenolic OH excluding ortho intramolecular Hbond substituents is 2. The first-order valence-corrected chi connectivity index (χ1v) is 4.22. The first-order chi connectivity index (χ1) is 5.46. The molecule has 0 bridgehead atoms. The molecule has 1 rings (SSSR count). The number of hydrogen-bond donors (Lipinski definition) is 2. The van der Waals surface area contributed by atoms with Crippen LogP contribution in [0.1, 0.15) is 0 Å². The van der Waals surface area contributed by atoms with Crippen LogP contribution in [0, 0.1) is 0 Å². The van der Waals surface area contributed by atoms with Gasteiger partial charge in [-0.1, -0.05) is 46.4 Å². The van der Waals surface area contributed by atoms with Crippen LogP contribution < -0.4 is 0 Å². The van der Waals surface area contributed by atoms with E-state index in [4.69, 9.17) is 56.6 Å². The van der Waals surface area contributed by atoms with Crippen molar-refractivity contribution in [2.45, 2.75) is 0 Å². The molecular formula is C6H6Cl4O4. The van der Waals surface area contributed by atoms with Crippen LogP contribution in [0.25, 0.3) is 0 Å². The van der Waals surface area contributed by atoms with Crippen LogP contribution in [-0.2, 0) is 0 Å². The Hall–Kier alpha value is -0.100. The SMILES string of the molecule is O.O.Oc1c(O)c(Cl)c(Cl)c(Cl)c1Cl. The van der Waals surface area contributed by atoms with Gasteiger partial charge in [0, 0.05) is 0 Å². The predicted octanol–water partition coefficient (Wildman–Crippen LogP) is 2.06. The second kappa shape index (κ2) is 5.70. The number of benzene rings is 1. The quantitative estimate of drug-likeness (QED) is 0.432. The number of rotatable bonds is 0. The van der Waals surface area contributed by atoms with Gasteiger partial charge in [0.05, 0.1) is 10.0 Å². The summed E-state index contributed by atoms with van der Waals surface area (Å²) < 4.78 is 0. The number of halogens is 4. The van der Waals surface area contributed by atoms with Gasteiger partial charge in [-0.15, -0.1) is 0 Å². The smallest absolute Gasteiger partial charge is 0.179 e. The zero-order valence-electron chi connectivity index (χ0n) is 6.41. The van der Waals surface area contributed by atoms with Crippen molar-refractivity contribution in [1.29, 1.82) is 0 Å². The lowest BCUT2D eigenvalue weighted by molar-refractivity contribution is 0.404. The Balaban J connectivity index is 0. The molecule has 0 unspecified atom stereocenters. The van der Waals surface area contributed by atoms with Gasteiger partial charge in [-0.3, -0.25) is 0 Å². The molecule has 0 saturated carbocycles. The standard InChI is InChI=1S/C6H2Cl4O2.2H2O/c7-1-2(8)4(10)6(12)5(11)3(1)9;;/h11-12H;2*1H2. The minimum Gasteiger partial charge on any atom is -0.503 e. The van der Waals surface area contributed by atoms with Crippen molar-refractivity contribution in [1.82, 2.24) is 0 Å². The van der Waals surface area contributed by atoms with E-state index < -0.39 is 11.5 Å². The normalized spacial score (nSPS) is 8.86. The zero-order valence-corrected chi connectivity index (χ0v) is 9.43. The van der Waals surface area contributed by atoms with Crippen LogP contribution in [0.2, 0.25) is 20.1 Å². The van der Waals surface area contributed by atoms with E-state index in [0.717, 1.165) is 0 Å². The number of aromatic hydroxyl groups is 2. The lowest BCUT2D eigenvalue weighted by atomic mass is 10.3. The zero-order chi connectivity index (χ0) is 9.46. The van der Waals surface area contributed by atoms with Crippen LogP contribution in [0.15, 0.2) is 0 Å². The fourth-order valence-electron chi connectivity index (χ4n) is 0.609. The van der Waals surface area contributed by atoms with Crippen molar-refractivity contribution in [3.05, 3.63) is 20.1 Å². The van der Waals surface area contributed by atoms with Gasteiger partial charge in [-0.25, -0.2) is 0 Å². The molecule has 0 fully saturated rings. The molecule has 0 heterocycles. The Morgan fingerprint density at radius 3 is 1.00 bits per heavy atom. The highest BCUT2D eigenvalue weighted by molar-refractivity contribution is 6.52. The van der Waals surface area contributed by atoms with E-state index in [-0.39, 0.29) is 31.0 Å². The predicted molar refractivity (Wildman–Crippen MR) is 57.0 cm³/mol. The summed E-state index contributed by atoms with van der Waals surface area (Å²) in [5.41, 5.74) is 0. The maximum atomic E-state index is 9.08. The molecule has 0 aromatic heterocycles. The van der Waals surface area contributed by atoms with Gasteiger partial charge in [0.25, 0.3) is 0 Å². The van der Waals surface area contributed by atoms with Gasteiger partial charge < -0.3 is 21.2 Å². The van der Waals surface area contributed by atoms with Crippen molar-refractivity contribution in [2.24, 2.45) is 0 Å². The Labute approximate surface area is 99.2 Å². The van der Waals surface area contributed by atoms with Crippen LogP contribution in [-0.4, -0.2) is 21.2 Å². The fourth-order valence-corrected chi connectivity index (χ4v) is 1.44. The Morgan fingerprint density at radius 1 is 0.571 bits per heavy atom. The van der Waals surface area contributed by atoms with Gasteiger partial charge in [0.2, 0.25) is 0 Å². The van der Waals surface area contributed by atoms with Gasteiger partial charge in [-0.2, -0.15) is 0 Å². The lowest BCUT2D eigenvalue weighted by Gasteiger charge is -2.06. The molecular weight excluding hydrogens is 278 g/mol. The summed E-state index contributed by atoms with van der Waals surface area (Å²) >= 11 is 22.0. The molecule has 1 aromatic carbocycles. The molecule has 0 aliphatic heterocycles. The molecule has 0 aliphatic rings. The van der Waals surface area contributed by atoms with E-state index in [2.05, 4.69) is 0 Å². The summed E-state index contributed by atoms with van der Waals surface area (Å²) in [4.78, 5) is 0. The third-order valence-electron chi connectivity index (χ3n) is 1.22. The largest absolute Gasteiger partial charge is 0.503 e. The highest BCUT2D eigenvalue weighted by atomic mass is 35.5. The van der Waals surface area contributed by atoms with Crippen molar-refractivity contribution in [3.63, 3.8) is 0 Å². The Bertz CT molecular complexity index is 236. The number of hydrogen-bond acceptors (Lipinski definition) is 2. The molecule has 0 saturated heterocycles. The van der Waals surface area contributed by atoms with Crippen molar-refractivity contribution in [3.8, 4) is 11.5 Å². The molecule has 0 amide bonds. The Morgan fingerprint density at radius 2 is 0.786 bits per heavy atom. The molecule has 4 nitrogen and oxygen atoms in total. The van der Waals surface area contributed by atoms with Crippen LogP contribution in [0.3, 0.4) is 0 Å². The van der Waals surface area contributed by atoms with E-state index in [0.29, 0.717) is 0 Å². The van der Waals surface area contributed by atoms with Crippen LogP contribution in [0.4, 0.5) is 0 Å². The van der Waals surface area contributed by atoms with E-state index >= 15 is 0 Å². The third kappa shape index (κ3) is 2.48. The monoisotopic (exact) mass is 282 g/mol. The summed E-state index contributed by atoms with van der Waals surface area (Å²) in [5.74, 6) is -1.15. The molecule has 14 heavy (non-hydrogen) atoms. The topological polar surface area (TPSA) is 103 Å². The van der Waals surface area contributed by atoms with E-state index in [1.807, 2.05) is 0 Å². The molecule has 0 radical (unpaired) electrons. The summed E-state index contributed by atoms with van der Waals surface area (Å²) in [5, 5.41) is 17.6.